The molecule has 1 aliphatic rings. The zero-order valence-corrected chi connectivity index (χ0v) is 12.0. The van der Waals surface area contributed by atoms with Gasteiger partial charge in [-0.25, -0.2) is 0 Å². The maximum atomic E-state index is 10.9. The maximum Gasteiger partial charge on any atom is 0.304 e. The Bertz CT molecular complexity index is 462. The number of nitrogens with zero attached hydrogens (tertiary/aromatic N) is 1. The van der Waals surface area contributed by atoms with E-state index in [0.717, 1.165) is 12.8 Å². The molecule has 3 heteroatoms. The van der Waals surface area contributed by atoms with E-state index in [1.54, 1.807) is 0 Å². The lowest BCUT2D eigenvalue weighted by molar-refractivity contribution is -0.137. The first-order valence-electron chi connectivity index (χ1n) is 6.96. The molecule has 0 amide bonds. The highest BCUT2D eigenvalue weighted by Gasteiger charge is 2.33. The Kier molecular flexibility index (Phi) is 3.95. The molecule has 1 atom stereocenters. The van der Waals surface area contributed by atoms with E-state index in [9.17, 15) is 4.79 Å². The number of aryl methyl sites for hydroxylation is 1. The summed E-state index contributed by atoms with van der Waals surface area (Å²) in [6, 6.07) is 8.89. The summed E-state index contributed by atoms with van der Waals surface area (Å²) in [5.41, 5.74) is 2.78. The molecule has 0 spiro atoms. The van der Waals surface area contributed by atoms with E-state index in [-0.39, 0.29) is 12.0 Å². The molecule has 1 N–H and O–H groups in total. The lowest BCUT2D eigenvalue weighted by Crippen LogP contribution is -2.44. The van der Waals surface area contributed by atoms with Gasteiger partial charge in [-0.05, 0) is 44.7 Å². The van der Waals surface area contributed by atoms with Crippen molar-refractivity contribution in [2.75, 3.05) is 6.54 Å². The van der Waals surface area contributed by atoms with Crippen LogP contribution in [0.3, 0.4) is 0 Å². The van der Waals surface area contributed by atoms with Crippen molar-refractivity contribution in [3.63, 3.8) is 0 Å². The quantitative estimate of drug-likeness (QED) is 0.904. The monoisotopic (exact) mass is 261 g/mol. The number of benzene rings is 1. The molecule has 0 radical (unpaired) electrons. The van der Waals surface area contributed by atoms with Crippen molar-refractivity contribution in [1.82, 2.24) is 4.90 Å². The predicted octanol–water partition coefficient (Wildman–Crippen LogP) is 3.25. The van der Waals surface area contributed by atoms with Gasteiger partial charge in [0.1, 0.15) is 0 Å². The van der Waals surface area contributed by atoms with E-state index in [0.29, 0.717) is 12.6 Å². The van der Waals surface area contributed by atoms with Crippen LogP contribution in [0.2, 0.25) is 0 Å². The summed E-state index contributed by atoms with van der Waals surface area (Å²) in [6.07, 6.45) is 2.40. The highest BCUT2D eigenvalue weighted by molar-refractivity contribution is 5.66. The third-order valence-corrected chi connectivity index (χ3v) is 3.91. The molecule has 1 aromatic carbocycles. The molecule has 0 fully saturated rings. The number of aliphatic carboxylic acids is 1. The molecular formula is C16H23NO2. The summed E-state index contributed by atoms with van der Waals surface area (Å²) in [6.45, 7) is 7.10. The summed E-state index contributed by atoms with van der Waals surface area (Å²) in [5, 5.41) is 8.94. The third kappa shape index (κ3) is 3.16. The SMILES string of the molecule is CC(C)(C)N(CCC(=O)O)C1CCc2ccccc21. The molecule has 1 aliphatic carbocycles. The summed E-state index contributed by atoms with van der Waals surface area (Å²) in [4.78, 5) is 13.2. The minimum absolute atomic E-state index is 0.0163. The van der Waals surface area contributed by atoms with Crippen molar-refractivity contribution < 1.29 is 9.90 Å². The summed E-state index contributed by atoms with van der Waals surface area (Å²) in [5.74, 6) is -0.722. The second kappa shape index (κ2) is 5.33. The fourth-order valence-electron chi connectivity index (χ4n) is 3.03. The molecule has 104 valence electrons. The van der Waals surface area contributed by atoms with Crippen molar-refractivity contribution in [2.45, 2.75) is 51.6 Å². The topological polar surface area (TPSA) is 40.5 Å². The number of fused-ring (bicyclic) bond motifs is 1. The highest BCUT2D eigenvalue weighted by Crippen LogP contribution is 2.39. The number of rotatable bonds is 4. The van der Waals surface area contributed by atoms with E-state index in [1.165, 1.54) is 11.1 Å². The van der Waals surface area contributed by atoms with Crippen LogP contribution >= 0.6 is 0 Å². The van der Waals surface area contributed by atoms with Gasteiger partial charge < -0.3 is 5.11 Å². The van der Waals surface area contributed by atoms with Crippen LogP contribution in [0, 0.1) is 0 Å². The first-order chi connectivity index (χ1) is 8.89. The van der Waals surface area contributed by atoms with E-state index in [1.807, 2.05) is 0 Å². The number of hydrogen-bond acceptors (Lipinski definition) is 2. The molecule has 19 heavy (non-hydrogen) atoms. The molecule has 3 nitrogen and oxygen atoms in total. The lowest BCUT2D eigenvalue weighted by atomic mass is 9.98. The Balaban J connectivity index is 2.23. The van der Waals surface area contributed by atoms with E-state index < -0.39 is 5.97 Å². The molecule has 0 saturated carbocycles. The van der Waals surface area contributed by atoms with Gasteiger partial charge in [0.05, 0.1) is 6.42 Å². The zero-order valence-electron chi connectivity index (χ0n) is 12.0. The molecular weight excluding hydrogens is 238 g/mol. The minimum Gasteiger partial charge on any atom is -0.481 e. The van der Waals surface area contributed by atoms with Crippen molar-refractivity contribution in [2.24, 2.45) is 0 Å². The number of carboxylic acids is 1. The van der Waals surface area contributed by atoms with Gasteiger partial charge in [-0.1, -0.05) is 24.3 Å². The molecule has 0 aromatic heterocycles. The van der Waals surface area contributed by atoms with Crippen LogP contribution in [0.15, 0.2) is 24.3 Å². The van der Waals surface area contributed by atoms with Crippen LogP contribution in [0.4, 0.5) is 0 Å². The second-order valence-corrected chi connectivity index (χ2v) is 6.26. The van der Waals surface area contributed by atoms with Crippen molar-refractivity contribution in [1.29, 1.82) is 0 Å². The van der Waals surface area contributed by atoms with Crippen LogP contribution in [0.5, 0.6) is 0 Å². The summed E-state index contributed by atoms with van der Waals surface area (Å²) < 4.78 is 0. The standard InChI is InChI=1S/C16H23NO2/c1-16(2,3)17(11-10-15(18)19)14-9-8-12-6-4-5-7-13(12)14/h4-7,14H,8-11H2,1-3H3,(H,18,19). The molecule has 0 heterocycles. The molecule has 0 saturated heterocycles. The number of hydrogen-bond donors (Lipinski definition) is 1. The molecule has 0 aliphatic heterocycles. The lowest BCUT2D eigenvalue weighted by Gasteiger charge is -2.40. The van der Waals surface area contributed by atoms with Gasteiger partial charge in [0.15, 0.2) is 0 Å². The fraction of sp³-hybridized carbons (Fsp3) is 0.562. The first kappa shape index (κ1) is 14.1. The van der Waals surface area contributed by atoms with Gasteiger partial charge in [0.2, 0.25) is 0 Å². The maximum absolute atomic E-state index is 10.9. The average molecular weight is 261 g/mol. The first-order valence-corrected chi connectivity index (χ1v) is 6.96. The fourth-order valence-corrected chi connectivity index (χ4v) is 3.03. The Labute approximate surface area is 115 Å². The number of carbonyl (C=O) groups is 1. The number of carboxylic acid groups (broad SMARTS) is 1. The summed E-state index contributed by atoms with van der Waals surface area (Å²) in [7, 11) is 0. The molecule has 1 aromatic rings. The predicted molar refractivity (Wildman–Crippen MR) is 76.2 cm³/mol. The summed E-state index contributed by atoms with van der Waals surface area (Å²) >= 11 is 0. The largest absolute Gasteiger partial charge is 0.481 e. The normalized spacial score (nSPS) is 18.6. The molecule has 2 rings (SSSR count). The van der Waals surface area contributed by atoms with Crippen LogP contribution in [0.1, 0.15) is 50.8 Å². The molecule has 1 unspecified atom stereocenters. The molecule has 0 bridgehead atoms. The second-order valence-electron chi connectivity index (χ2n) is 6.26. The van der Waals surface area contributed by atoms with Gasteiger partial charge >= 0.3 is 5.97 Å². The smallest absolute Gasteiger partial charge is 0.304 e. The Morgan fingerprint density at radius 2 is 2.05 bits per heavy atom. The van der Waals surface area contributed by atoms with Gasteiger partial charge in [-0.2, -0.15) is 0 Å². The van der Waals surface area contributed by atoms with Crippen LogP contribution < -0.4 is 0 Å². The minimum atomic E-state index is -0.722. The van der Waals surface area contributed by atoms with Gasteiger partial charge in [0, 0.05) is 18.1 Å². The highest BCUT2D eigenvalue weighted by atomic mass is 16.4. The average Bonchev–Trinajstić information content (AvgIpc) is 2.71. The van der Waals surface area contributed by atoms with Crippen LogP contribution in [0.25, 0.3) is 0 Å². The Morgan fingerprint density at radius 1 is 1.37 bits per heavy atom. The van der Waals surface area contributed by atoms with Crippen LogP contribution in [-0.4, -0.2) is 28.1 Å². The van der Waals surface area contributed by atoms with Crippen molar-refractivity contribution in [3.05, 3.63) is 35.4 Å². The van der Waals surface area contributed by atoms with Gasteiger partial charge in [-0.3, -0.25) is 9.69 Å². The zero-order chi connectivity index (χ0) is 14.0. The van der Waals surface area contributed by atoms with E-state index in [2.05, 4.69) is 49.9 Å². The Morgan fingerprint density at radius 3 is 2.68 bits per heavy atom. The van der Waals surface area contributed by atoms with Crippen molar-refractivity contribution in [3.8, 4) is 0 Å². The Hall–Kier alpha value is -1.35. The van der Waals surface area contributed by atoms with E-state index in [4.69, 9.17) is 5.11 Å². The van der Waals surface area contributed by atoms with Crippen LogP contribution in [-0.2, 0) is 11.2 Å². The van der Waals surface area contributed by atoms with E-state index >= 15 is 0 Å². The van der Waals surface area contributed by atoms with Gasteiger partial charge in [-0.15, -0.1) is 0 Å². The van der Waals surface area contributed by atoms with Crippen molar-refractivity contribution >= 4 is 5.97 Å². The van der Waals surface area contributed by atoms with Gasteiger partial charge in [0.25, 0.3) is 0 Å². The third-order valence-electron chi connectivity index (χ3n) is 3.91.